The van der Waals surface area contributed by atoms with Crippen LogP contribution >= 0.6 is 0 Å². The third-order valence-electron chi connectivity index (χ3n) is 2.25. The Kier molecular flexibility index (Phi) is 3.13. The predicted octanol–water partition coefficient (Wildman–Crippen LogP) is 1.80. The standard InChI is InChI=1S/C10H21NO/c1-8(2)5-9-6-12-10(3,4)7-11-9/h8-9,11H,5-7H2,1-4H3. The minimum atomic E-state index is 0.0352. The highest BCUT2D eigenvalue weighted by molar-refractivity contribution is 4.82. The zero-order valence-electron chi connectivity index (χ0n) is 8.68. The Hall–Kier alpha value is -0.0800. The monoisotopic (exact) mass is 171 g/mol. The van der Waals surface area contributed by atoms with Crippen LogP contribution in [0, 0.1) is 5.92 Å². The second-order valence-electron chi connectivity index (χ2n) is 4.78. The maximum absolute atomic E-state index is 5.72. The normalized spacial score (nSPS) is 29.2. The van der Waals surface area contributed by atoms with Gasteiger partial charge in [0.15, 0.2) is 0 Å². The summed E-state index contributed by atoms with van der Waals surface area (Å²) < 4.78 is 5.72. The molecule has 1 heterocycles. The zero-order valence-corrected chi connectivity index (χ0v) is 8.68. The van der Waals surface area contributed by atoms with Crippen LogP contribution in [0.25, 0.3) is 0 Å². The molecule has 1 rings (SSSR count). The highest BCUT2D eigenvalue weighted by Gasteiger charge is 2.26. The lowest BCUT2D eigenvalue weighted by Crippen LogP contribution is -2.51. The van der Waals surface area contributed by atoms with Crippen molar-refractivity contribution in [2.75, 3.05) is 13.2 Å². The number of hydrogen-bond acceptors (Lipinski definition) is 2. The molecule has 1 saturated heterocycles. The van der Waals surface area contributed by atoms with Gasteiger partial charge >= 0.3 is 0 Å². The molecule has 0 spiro atoms. The SMILES string of the molecule is CC(C)CC1COC(C)(C)CN1. The average Bonchev–Trinajstić information content (AvgIpc) is 1.93. The first-order valence-corrected chi connectivity index (χ1v) is 4.87. The van der Waals surface area contributed by atoms with Crippen molar-refractivity contribution in [2.45, 2.75) is 45.8 Å². The average molecular weight is 171 g/mol. The molecule has 72 valence electrons. The van der Waals surface area contributed by atoms with Gasteiger partial charge in [-0.2, -0.15) is 0 Å². The Morgan fingerprint density at radius 2 is 2.17 bits per heavy atom. The van der Waals surface area contributed by atoms with E-state index >= 15 is 0 Å². The molecule has 1 N–H and O–H groups in total. The van der Waals surface area contributed by atoms with E-state index in [0.29, 0.717) is 6.04 Å². The van der Waals surface area contributed by atoms with Crippen LogP contribution in [-0.2, 0) is 4.74 Å². The first-order valence-electron chi connectivity index (χ1n) is 4.87. The summed E-state index contributed by atoms with van der Waals surface area (Å²) in [6.45, 7) is 10.6. The molecule has 1 fully saturated rings. The van der Waals surface area contributed by atoms with Crippen molar-refractivity contribution in [3.63, 3.8) is 0 Å². The van der Waals surface area contributed by atoms with Gasteiger partial charge in [0.1, 0.15) is 0 Å². The lowest BCUT2D eigenvalue weighted by atomic mass is 10.0. The minimum absolute atomic E-state index is 0.0352. The van der Waals surface area contributed by atoms with E-state index in [1.54, 1.807) is 0 Å². The largest absolute Gasteiger partial charge is 0.373 e. The van der Waals surface area contributed by atoms with E-state index < -0.39 is 0 Å². The Bertz CT molecular complexity index is 133. The van der Waals surface area contributed by atoms with E-state index in [1.807, 2.05) is 0 Å². The molecule has 1 aliphatic rings. The summed E-state index contributed by atoms with van der Waals surface area (Å²) in [5, 5.41) is 3.52. The number of ether oxygens (including phenoxy) is 1. The Balaban J connectivity index is 2.27. The summed E-state index contributed by atoms with van der Waals surface area (Å²) >= 11 is 0. The van der Waals surface area contributed by atoms with E-state index in [2.05, 4.69) is 33.0 Å². The van der Waals surface area contributed by atoms with Crippen LogP contribution in [0.15, 0.2) is 0 Å². The Labute approximate surface area is 75.7 Å². The van der Waals surface area contributed by atoms with Crippen LogP contribution < -0.4 is 5.32 Å². The highest BCUT2D eigenvalue weighted by atomic mass is 16.5. The van der Waals surface area contributed by atoms with E-state index in [0.717, 1.165) is 19.1 Å². The molecule has 0 bridgehead atoms. The molecule has 12 heavy (non-hydrogen) atoms. The van der Waals surface area contributed by atoms with Crippen LogP contribution in [-0.4, -0.2) is 24.8 Å². The van der Waals surface area contributed by atoms with Gasteiger partial charge in [-0.15, -0.1) is 0 Å². The van der Waals surface area contributed by atoms with Gasteiger partial charge in [0.25, 0.3) is 0 Å². The van der Waals surface area contributed by atoms with Crippen LogP contribution in [0.1, 0.15) is 34.1 Å². The molecular weight excluding hydrogens is 150 g/mol. The highest BCUT2D eigenvalue weighted by Crippen LogP contribution is 2.16. The summed E-state index contributed by atoms with van der Waals surface area (Å²) in [6, 6.07) is 0.568. The molecule has 0 aromatic rings. The lowest BCUT2D eigenvalue weighted by molar-refractivity contribution is -0.0607. The fraction of sp³-hybridized carbons (Fsp3) is 1.00. The molecule has 0 aromatic carbocycles. The number of morpholine rings is 1. The van der Waals surface area contributed by atoms with Crippen molar-refractivity contribution < 1.29 is 4.74 Å². The van der Waals surface area contributed by atoms with Crippen LogP contribution in [0.5, 0.6) is 0 Å². The van der Waals surface area contributed by atoms with Gasteiger partial charge in [0, 0.05) is 12.6 Å². The van der Waals surface area contributed by atoms with E-state index in [1.165, 1.54) is 6.42 Å². The third-order valence-corrected chi connectivity index (χ3v) is 2.25. The molecule has 1 atom stereocenters. The van der Waals surface area contributed by atoms with Crippen molar-refractivity contribution in [3.05, 3.63) is 0 Å². The molecular formula is C10H21NO. The van der Waals surface area contributed by atoms with E-state index in [9.17, 15) is 0 Å². The molecule has 2 nitrogen and oxygen atoms in total. The second-order valence-corrected chi connectivity index (χ2v) is 4.78. The van der Waals surface area contributed by atoms with Gasteiger partial charge in [-0.25, -0.2) is 0 Å². The third kappa shape index (κ3) is 3.11. The molecule has 1 unspecified atom stereocenters. The smallest absolute Gasteiger partial charge is 0.0751 e. The molecule has 0 aromatic heterocycles. The first-order chi connectivity index (χ1) is 5.49. The second kappa shape index (κ2) is 3.75. The van der Waals surface area contributed by atoms with E-state index in [4.69, 9.17) is 4.74 Å². The molecule has 0 saturated carbocycles. The molecule has 0 amide bonds. The van der Waals surface area contributed by atoms with E-state index in [-0.39, 0.29) is 5.60 Å². The summed E-state index contributed by atoms with van der Waals surface area (Å²) in [7, 11) is 0. The van der Waals surface area contributed by atoms with Crippen LogP contribution in [0.3, 0.4) is 0 Å². The summed E-state index contributed by atoms with van der Waals surface area (Å²) in [4.78, 5) is 0. The van der Waals surface area contributed by atoms with Crippen molar-refractivity contribution in [1.82, 2.24) is 5.32 Å². The zero-order chi connectivity index (χ0) is 9.19. The van der Waals surface area contributed by atoms with Crippen molar-refractivity contribution in [1.29, 1.82) is 0 Å². The first kappa shape index (κ1) is 10.0. The van der Waals surface area contributed by atoms with Crippen LogP contribution in [0.4, 0.5) is 0 Å². The topological polar surface area (TPSA) is 21.3 Å². The van der Waals surface area contributed by atoms with Crippen LogP contribution in [0.2, 0.25) is 0 Å². The molecule has 1 aliphatic heterocycles. The fourth-order valence-electron chi connectivity index (χ4n) is 1.55. The van der Waals surface area contributed by atoms with Gasteiger partial charge in [0.2, 0.25) is 0 Å². The van der Waals surface area contributed by atoms with Crippen molar-refractivity contribution in [2.24, 2.45) is 5.92 Å². The fourth-order valence-corrected chi connectivity index (χ4v) is 1.55. The van der Waals surface area contributed by atoms with Gasteiger partial charge < -0.3 is 10.1 Å². The lowest BCUT2D eigenvalue weighted by Gasteiger charge is -2.36. The van der Waals surface area contributed by atoms with Crippen molar-refractivity contribution in [3.8, 4) is 0 Å². The van der Waals surface area contributed by atoms with Gasteiger partial charge in [-0.1, -0.05) is 13.8 Å². The molecule has 0 aliphatic carbocycles. The van der Waals surface area contributed by atoms with Gasteiger partial charge in [0.05, 0.1) is 12.2 Å². The van der Waals surface area contributed by atoms with Gasteiger partial charge in [-0.3, -0.25) is 0 Å². The number of nitrogens with one attached hydrogen (secondary N) is 1. The predicted molar refractivity (Wildman–Crippen MR) is 51.3 cm³/mol. The molecule has 2 heteroatoms. The van der Waals surface area contributed by atoms with Gasteiger partial charge in [-0.05, 0) is 26.2 Å². The summed E-state index contributed by atoms with van der Waals surface area (Å²) in [5.41, 5.74) is 0.0352. The number of rotatable bonds is 2. The quantitative estimate of drug-likeness (QED) is 0.684. The van der Waals surface area contributed by atoms with Crippen molar-refractivity contribution >= 4 is 0 Å². The Morgan fingerprint density at radius 3 is 2.58 bits per heavy atom. The minimum Gasteiger partial charge on any atom is -0.373 e. The summed E-state index contributed by atoms with van der Waals surface area (Å²) in [5.74, 6) is 0.757. The molecule has 0 radical (unpaired) electrons. The maximum atomic E-state index is 5.72. The Morgan fingerprint density at radius 1 is 1.50 bits per heavy atom. The number of hydrogen-bond donors (Lipinski definition) is 1. The maximum Gasteiger partial charge on any atom is 0.0751 e. The summed E-state index contributed by atoms with van der Waals surface area (Å²) in [6.07, 6.45) is 1.22.